The molecule has 1 aromatic carbocycles. The monoisotopic (exact) mass is 326 g/mol. The van der Waals surface area contributed by atoms with Gasteiger partial charge in [-0.15, -0.1) is 0 Å². The van der Waals surface area contributed by atoms with Crippen LogP contribution in [0, 0.1) is 17.8 Å². The number of nitrogens with one attached hydrogen (secondary N) is 1. The Labute approximate surface area is 133 Å². The van der Waals surface area contributed by atoms with Crippen molar-refractivity contribution in [3.63, 3.8) is 0 Å². The Kier molecular flexibility index (Phi) is 4.36. The number of benzene rings is 1. The molecular weight excluding hydrogens is 305 g/mol. The first-order valence-corrected chi connectivity index (χ1v) is 8.08. The lowest BCUT2D eigenvalue weighted by atomic mass is 10.0. The van der Waals surface area contributed by atoms with Gasteiger partial charge in [0.25, 0.3) is 0 Å². The van der Waals surface area contributed by atoms with Crippen molar-refractivity contribution in [1.82, 2.24) is 5.32 Å². The average molecular weight is 326 g/mol. The molecule has 0 aliphatic heterocycles. The van der Waals surface area contributed by atoms with Crippen LogP contribution in [0.5, 0.6) is 0 Å². The van der Waals surface area contributed by atoms with Gasteiger partial charge in [-0.3, -0.25) is 4.79 Å². The van der Waals surface area contributed by atoms with E-state index in [1.54, 1.807) is 0 Å². The summed E-state index contributed by atoms with van der Waals surface area (Å²) in [6.45, 7) is 0.627. The normalized spacial score (nSPS) is 27.9. The molecule has 0 heterocycles. The number of carbonyl (C=O) groups is 1. The van der Waals surface area contributed by atoms with Crippen molar-refractivity contribution < 1.29 is 18.0 Å². The van der Waals surface area contributed by atoms with Crippen LogP contribution < -0.4 is 11.1 Å². The molecule has 3 N–H and O–H groups in total. The molecule has 3 nitrogen and oxygen atoms in total. The number of nitrogens with two attached hydrogens (primary N) is 1. The molecule has 1 amide bonds. The zero-order chi connectivity index (χ0) is 16.6. The molecule has 2 saturated carbocycles. The first-order valence-electron chi connectivity index (χ1n) is 8.08. The first kappa shape index (κ1) is 16.3. The summed E-state index contributed by atoms with van der Waals surface area (Å²) in [6.07, 6.45) is 0.660. The van der Waals surface area contributed by atoms with Crippen molar-refractivity contribution in [3.05, 3.63) is 35.4 Å². The van der Waals surface area contributed by atoms with E-state index in [1.807, 2.05) is 0 Å². The summed E-state index contributed by atoms with van der Waals surface area (Å²) >= 11 is 0. The summed E-state index contributed by atoms with van der Waals surface area (Å²) in [4.78, 5) is 12.1. The highest BCUT2D eigenvalue weighted by Gasteiger charge is 2.50. The van der Waals surface area contributed by atoms with Gasteiger partial charge in [0.15, 0.2) is 0 Å². The Morgan fingerprint density at radius 2 is 1.74 bits per heavy atom. The van der Waals surface area contributed by atoms with Crippen LogP contribution in [0.4, 0.5) is 13.2 Å². The Hall–Kier alpha value is -1.56. The highest BCUT2D eigenvalue weighted by atomic mass is 19.4. The molecule has 0 spiro atoms. The van der Waals surface area contributed by atoms with E-state index in [9.17, 15) is 18.0 Å². The third-order valence-electron chi connectivity index (χ3n) is 5.23. The summed E-state index contributed by atoms with van der Waals surface area (Å²) in [5.41, 5.74) is 5.51. The minimum atomic E-state index is -4.38. The third-order valence-corrected chi connectivity index (χ3v) is 5.23. The predicted octanol–water partition coefficient (Wildman–Crippen LogP) is 3.26. The van der Waals surface area contributed by atoms with Gasteiger partial charge >= 0.3 is 6.18 Å². The molecule has 2 fully saturated rings. The second kappa shape index (κ2) is 6.15. The molecule has 1 aromatic rings. The maximum Gasteiger partial charge on any atom is 0.416 e. The van der Waals surface area contributed by atoms with E-state index in [1.165, 1.54) is 37.8 Å². The Morgan fingerprint density at radius 3 is 2.26 bits per heavy atom. The van der Waals surface area contributed by atoms with E-state index in [4.69, 9.17) is 5.73 Å². The number of amides is 1. The van der Waals surface area contributed by atoms with Gasteiger partial charge in [0.05, 0.1) is 5.56 Å². The van der Waals surface area contributed by atoms with Gasteiger partial charge in [-0.05, 0) is 48.3 Å². The number of hydrogen-bond acceptors (Lipinski definition) is 2. The fourth-order valence-electron chi connectivity index (χ4n) is 3.80. The van der Waals surface area contributed by atoms with E-state index in [2.05, 4.69) is 5.32 Å². The Bertz CT molecular complexity index is 558. The molecule has 23 heavy (non-hydrogen) atoms. The summed E-state index contributed by atoms with van der Waals surface area (Å²) < 4.78 is 37.6. The van der Waals surface area contributed by atoms with Crippen LogP contribution in [0.1, 0.15) is 42.9 Å². The topological polar surface area (TPSA) is 55.1 Å². The van der Waals surface area contributed by atoms with Gasteiger partial charge in [0.1, 0.15) is 6.04 Å². The summed E-state index contributed by atoms with van der Waals surface area (Å²) in [5.74, 6) is 1.72. The number of hydrogen-bond donors (Lipinski definition) is 2. The Balaban J connectivity index is 1.53. The minimum absolute atomic E-state index is 0.326. The smallest absolute Gasteiger partial charge is 0.354 e. The number of rotatable bonds is 4. The number of fused-ring (bicyclic) bond motifs is 1. The average Bonchev–Trinajstić information content (AvgIpc) is 3.24. The van der Waals surface area contributed by atoms with Crippen molar-refractivity contribution in [3.8, 4) is 0 Å². The van der Waals surface area contributed by atoms with Crippen molar-refractivity contribution in [2.75, 3.05) is 6.54 Å². The zero-order valence-corrected chi connectivity index (χ0v) is 12.8. The lowest BCUT2D eigenvalue weighted by Gasteiger charge is -2.14. The van der Waals surface area contributed by atoms with Crippen LogP contribution in [-0.2, 0) is 11.0 Å². The minimum Gasteiger partial charge on any atom is -0.354 e. The highest BCUT2D eigenvalue weighted by Crippen LogP contribution is 2.54. The summed E-state index contributed by atoms with van der Waals surface area (Å²) in [5, 5.41) is 2.86. The molecule has 3 unspecified atom stereocenters. The number of halogens is 3. The molecule has 2 aliphatic rings. The number of alkyl halides is 3. The second-order valence-corrected chi connectivity index (χ2v) is 6.62. The maximum atomic E-state index is 12.5. The van der Waals surface area contributed by atoms with Crippen molar-refractivity contribution in [1.29, 1.82) is 0 Å². The molecule has 126 valence electrons. The predicted molar refractivity (Wildman–Crippen MR) is 80.3 cm³/mol. The number of carbonyl (C=O) groups excluding carboxylic acids is 1. The molecule has 3 atom stereocenters. The quantitative estimate of drug-likeness (QED) is 0.892. The van der Waals surface area contributed by atoms with Crippen LogP contribution in [0.25, 0.3) is 0 Å². The molecule has 0 aromatic heterocycles. The molecule has 0 bridgehead atoms. The van der Waals surface area contributed by atoms with Crippen molar-refractivity contribution >= 4 is 5.91 Å². The zero-order valence-electron chi connectivity index (χ0n) is 12.8. The molecule has 0 radical (unpaired) electrons. The van der Waals surface area contributed by atoms with E-state index in [0.29, 0.717) is 18.0 Å². The van der Waals surface area contributed by atoms with Gasteiger partial charge in [0, 0.05) is 6.54 Å². The van der Waals surface area contributed by atoms with Gasteiger partial charge < -0.3 is 11.1 Å². The largest absolute Gasteiger partial charge is 0.416 e. The third kappa shape index (κ3) is 3.52. The van der Waals surface area contributed by atoms with E-state index < -0.39 is 17.8 Å². The van der Waals surface area contributed by atoms with E-state index in [0.717, 1.165) is 24.0 Å². The molecular formula is C17H21F3N2O. The molecule has 3 rings (SSSR count). The standard InChI is InChI=1S/C17H21F3N2O/c18-17(19,20)11-7-5-10(6-8-11)15(21)16(23)22-9-14-12-3-1-2-4-13(12)14/h5-8,12-15H,1-4,9,21H2,(H,22,23). The molecule has 0 saturated heterocycles. The van der Waals surface area contributed by atoms with Crippen LogP contribution in [-0.4, -0.2) is 12.5 Å². The van der Waals surface area contributed by atoms with Crippen LogP contribution in [0.3, 0.4) is 0 Å². The molecule has 6 heteroatoms. The van der Waals surface area contributed by atoms with Crippen LogP contribution in [0.2, 0.25) is 0 Å². The first-order chi connectivity index (χ1) is 10.9. The molecule has 2 aliphatic carbocycles. The van der Waals surface area contributed by atoms with Crippen molar-refractivity contribution in [2.24, 2.45) is 23.5 Å². The lowest BCUT2D eigenvalue weighted by Crippen LogP contribution is -2.35. The lowest BCUT2D eigenvalue weighted by molar-refractivity contribution is -0.137. The SMILES string of the molecule is NC(C(=O)NCC1C2CCCCC21)c1ccc(C(F)(F)F)cc1. The van der Waals surface area contributed by atoms with Gasteiger partial charge in [-0.1, -0.05) is 25.0 Å². The fraction of sp³-hybridized carbons (Fsp3) is 0.588. The summed E-state index contributed by atoms with van der Waals surface area (Å²) in [7, 11) is 0. The second-order valence-electron chi connectivity index (χ2n) is 6.62. The maximum absolute atomic E-state index is 12.5. The van der Waals surface area contributed by atoms with Gasteiger partial charge in [-0.25, -0.2) is 0 Å². The van der Waals surface area contributed by atoms with Gasteiger partial charge in [0.2, 0.25) is 5.91 Å². The van der Waals surface area contributed by atoms with Gasteiger partial charge in [-0.2, -0.15) is 13.2 Å². The highest BCUT2D eigenvalue weighted by molar-refractivity contribution is 5.82. The summed E-state index contributed by atoms with van der Waals surface area (Å²) in [6, 6.07) is 3.52. The van der Waals surface area contributed by atoms with Crippen LogP contribution in [0.15, 0.2) is 24.3 Å². The fourth-order valence-corrected chi connectivity index (χ4v) is 3.80. The van der Waals surface area contributed by atoms with Crippen LogP contribution >= 0.6 is 0 Å². The van der Waals surface area contributed by atoms with E-state index >= 15 is 0 Å². The van der Waals surface area contributed by atoms with Crippen molar-refractivity contribution in [2.45, 2.75) is 37.9 Å². The Morgan fingerprint density at radius 1 is 1.17 bits per heavy atom. The van der Waals surface area contributed by atoms with E-state index in [-0.39, 0.29) is 5.91 Å².